The smallest absolute Gasteiger partial charge is 0.410 e. The number of carbonyl (C=O) groups is 1. The van der Waals surface area contributed by atoms with E-state index in [1.807, 2.05) is 31.7 Å². The molecule has 0 unspecified atom stereocenters. The molecule has 1 aliphatic rings. The molecule has 7 heteroatoms. The number of ether oxygens (including phenoxy) is 1. The second-order valence-corrected chi connectivity index (χ2v) is 10.2. The van der Waals surface area contributed by atoms with Gasteiger partial charge in [0, 0.05) is 11.9 Å². The molecular formula is C17H21BrN2O2S2. The Kier molecular flexibility index (Phi) is 5.32. The molecule has 1 aliphatic heterocycles. The van der Waals surface area contributed by atoms with Crippen LogP contribution in [0.4, 0.5) is 4.79 Å². The first-order valence-corrected chi connectivity index (χ1v) is 10.5. The SMILES string of the molecule is CC(C)(C)OC(=O)N1CCCC[C@@H]1c1nc(-c2ccc(Br)s2)cs1. The second-order valence-electron chi connectivity index (χ2n) is 6.86. The summed E-state index contributed by atoms with van der Waals surface area (Å²) in [5.74, 6) is 0. The van der Waals surface area contributed by atoms with Crippen molar-refractivity contribution in [2.24, 2.45) is 0 Å². The average Bonchev–Trinajstić information content (AvgIpc) is 3.14. The van der Waals surface area contributed by atoms with Gasteiger partial charge in [0.1, 0.15) is 10.6 Å². The average molecular weight is 429 g/mol. The highest BCUT2D eigenvalue weighted by Crippen LogP contribution is 2.37. The molecule has 0 radical (unpaired) electrons. The summed E-state index contributed by atoms with van der Waals surface area (Å²) in [6.45, 7) is 6.44. The first-order valence-electron chi connectivity index (χ1n) is 8.04. The predicted octanol–water partition coefficient (Wildman–Crippen LogP) is 6.10. The van der Waals surface area contributed by atoms with E-state index in [-0.39, 0.29) is 12.1 Å². The van der Waals surface area contributed by atoms with Gasteiger partial charge in [-0.3, -0.25) is 4.90 Å². The fourth-order valence-corrected chi connectivity index (χ4v) is 5.12. The maximum absolute atomic E-state index is 12.6. The van der Waals surface area contributed by atoms with Gasteiger partial charge in [-0.2, -0.15) is 0 Å². The van der Waals surface area contributed by atoms with Crippen LogP contribution in [0.25, 0.3) is 10.6 Å². The van der Waals surface area contributed by atoms with Gasteiger partial charge in [-0.1, -0.05) is 0 Å². The topological polar surface area (TPSA) is 42.4 Å². The van der Waals surface area contributed by atoms with Crippen LogP contribution < -0.4 is 0 Å². The number of aromatic nitrogens is 1. The van der Waals surface area contributed by atoms with Gasteiger partial charge in [0.2, 0.25) is 0 Å². The standard InChI is InChI=1S/C17H21BrN2O2S2/c1-17(2,3)22-16(21)20-9-5-4-6-12(20)15-19-11(10-23-15)13-7-8-14(18)24-13/h7-8,10,12H,4-6,9H2,1-3H3/t12-/m1/s1. The highest BCUT2D eigenvalue weighted by molar-refractivity contribution is 9.11. The van der Waals surface area contributed by atoms with Gasteiger partial charge in [0.15, 0.2) is 0 Å². The number of hydrogen-bond acceptors (Lipinski definition) is 5. The summed E-state index contributed by atoms with van der Waals surface area (Å²) in [6.07, 6.45) is 2.85. The van der Waals surface area contributed by atoms with Crippen molar-refractivity contribution in [2.45, 2.75) is 51.7 Å². The molecule has 130 valence electrons. The Bertz CT molecular complexity index is 720. The lowest BCUT2D eigenvalue weighted by Gasteiger charge is -2.35. The molecule has 1 saturated heterocycles. The predicted molar refractivity (Wildman–Crippen MR) is 103 cm³/mol. The quantitative estimate of drug-likeness (QED) is 0.580. The Morgan fingerprint density at radius 1 is 1.38 bits per heavy atom. The number of hydrogen-bond donors (Lipinski definition) is 0. The summed E-state index contributed by atoms with van der Waals surface area (Å²) < 4.78 is 6.68. The van der Waals surface area contributed by atoms with Crippen molar-refractivity contribution < 1.29 is 9.53 Å². The van der Waals surface area contributed by atoms with E-state index in [4.69, 9.17) is 9.72 Å². The monoisotopic (exact) mass is 428 g/mol. The number of piperidine rings is 1. The van der Waals surface area contributed by atoms with E-state index in [0.717, 1.165) is 45.2 Å². The van der Waals surface area contributed by atoms with Gasteiger partial charge in [-0.15, -0.1) is 22.7 Å². The van der Waals surface area contributed by atoms with Crippen molar-refractivity contribution >= 4 is 44.7 Å². The highest BCUT2D eigenvalue weighted by Gasteiger charge is 2.33. The number of rotatable bonds is 2. The van der Waals surface area contributed by atoms with Crippen molar-refractivity contribution in [2.75, 3.05) is 6.54 Å². The van der Waals surface area contributed by atoms with E-state index < -0.39 is 5.60 Å². The Labute approximate surface area is 159 Å². The van der Waals surface area contributed by atoms with Gasteiger partial charge < -0.3 is 4.74 Å². The van der Waals surface area contributed by atoms with Crippen molar-refractivity contribution in [3.8, 4) is 10.6 Å². The van der Waals surface area contributed by atoms with E-state index in [0.29, 0.717) is 0 Å². The normalized spacial score (nSPS) is 18.7. The van der Waals surface area contributed by atoms with Crippen LogP contribution in [0, 0.1) is 0 Å². The van der Waals surface area contributed by atoms with Gasteiger partial charge in [-0.05, 0) is 68.1 Å². The largest absolute Gasteiger partial charge is 0.444 e. The molecule has 24 heavy (non-hydrogen) atoms. The number of halogens is 1. The minimum atomic E-state index is -0.476. The number of carbonyl (C=O) groups excluding carboxylic acids is 1. The summed E-state index contributed by atoms with van der Waals surface area (Å²) >= 11 is 6.80. The first kappa shape index (κ1) is 17.9. The number of amides is 1. The lowest BCUT2D eigenvalue weighted by molar-refractivity contribution is 0.00950. The fourth-order valence-electron chi connectivity index (χ4n) is 2.73. The highest BCUT2D eigenvalue weighted by atomic mass is 79.9. The Morgan fingerprint density at radius 3 is 2.83 bits per heavy atom. The number of thiazole rings is 1. The summed E-state index contributed by atoms with van der Waals surface area (Å²) in [4.78, 5) is 20.4. The molecule has 0 bridgehead atoms. The van der Waals surface area contributed by atoms with Crippen molar-refractivity contribution in [1.82, 2.24) is 9.88 Å². The zero-order valence-electron chi connectivity index (χ0n) is 14.0. The third-order valence-corrected chi connectivity index (χ3v) is 6.36. The Balaban J connectivity index is 1.81. The van der Waals surface area contributed by atoms with Crippen LogP contribution in [0.15, 0.2) is 21.3 Å². The maximum Gasteiger partial charge on any atom is 0.410 e. The molecule has 2 aromatic heterocycles. The van der Waals surface area contributed by atoms with Crippen LogP contribution >= 0.6 is 38.6 Å². The number of nitrogens with zero attached hydrogens (tertiary/aromatic N) is 2. The van der Waals surface area contributed by atoms with E-state index in [1.54, 1.807) is 22.7 Å². The molecule has 2 aromatic rings. The molecule has 0 aromatic carbocycles. The minimum absolute atomic E-state index is 0.0238. The molecular weight excluding hydrogens is 408 g/mol. The van der Waals surface area contributed by atoms with Crippen molar-refractivity contribution in [3.63, 3.8) is 0 Å². The molecule has 4 nitrogen and oxygen atoms in total. The third kappa shape index (κ3) is 4.18. The van der Waals surface area contributed by atoms with Gasteiger partial charge in [0.25, 0.3) is 0 Å². The summed E-state index contributed by atoms with van der Waals surface area (Å²) in [7, 11) is 0. The number of likely N-dealkylation sites (tertiary alicyclic amines) is 1. The Hall–Kier alpha value is -0.920. The van der Waals surface area contributed by atoms with Gasteiger partial charge in [0.05, 0.1) is 20.4 Å². The van der Waals surface area contributed by atoms with Gasteiger partial charge in [-0.25, -0.2) is 9.78 Å². The number of thiophene rings is 1. The van der Waals surface area contributed by atoms with E-state index in [9.17, 15) is 4.79 Å². The van der Waals surface area contributed by atoms with E-state index >= 15 is 0 Å². The summed E-state index contributed by atoms with van der Waals surface area (Å²) in [5.41, 5.74) is 0.511. The van der Waals surface area contributed by atoms with Crippen LogP contribution in [0.5, 0.6) is 0 Å². The van der Waals surface area contributed by atoms with E-state index in [2.05, 4.69) is 27.4 Å². The van der Waals surface area contributed by atoms with Crippen LogP contribution in [-0.4, -0.2) is 28.1 Å². The van der Waals surface area contributed by atoms with Crippen LogP contribution in [0.3, 0.4) is 0 Å². The lowest BCUT2D eigenvalue weighted by atomic mass is 10.0. The summed E-state index contributed by atoms with van der Waals surface area (Å²) in [5, 5.41) is 3.08. The maximum atomic E-state index is 12.6. The first-order chi connectivity index (χ1) is 11.3. The lowest BCUT2D eigenvalue weighted by Crippen LogP contribution is -2.41. The molecule has 3 rings (SSSR count). The van der Waals surface area contributed by atoms with Gasteiger partial charge >= 0.3 is 6.09 Å². The molecule has 0 spiro atoms. The van der Waals surface area contributed by atoms with Crippen LogP contribution in [-0.2, 0) is 4.74 Å². The molecule has 1 atom stereocenters. The third-order valence-electron chi connectivity index (χ3n) is 3.76. The van der Waals surface area contributed by atoms with Crippen molar-refractivity contribution in [1.29, 1.82) is 0 Å². The zero-order chi connectivity index (χ0) is 17.3. The molecule has 0 aliphatic carbocycles. The molecule has 0 saturated carbocycles. The Morgan fingerprint density at radius 2 is 2.17 bits per heavy atom. The molecule has 3 heterocycles. The zero-order valence-corrected chi connectivity index (χ0v) is 17.3. The second kappa shape index (κ2) is 7.14. The van der Waals surface area contributed by atoms with E-state index in [1.165, 1.54) is 0 Å². The van der Waals surface area contributed by atoms with Crippen molar-refractivity contribution in [3.05, 3.63) is 26.3 Å². The minimum Gasteiger partial charge on any atom is -0.444 e. The molecule has 0 N–H and O–H groups in total. The molecule has 1 fully saturated rings. The van der Waals surface area contributed by atoms with Crippen LogP contribution in [0.1, 0.15) is 51.1 Å². The van der Waals surface area contributed by atoms with Crippen LogP contribution in [0.2, 0.25) is 0 Å². The summed E-state index contributed by atoms with van der Waals surface area (Å²) in [6, 6.07) is 4.13. The fraction of sp³-hybridized carbons (Fsp3) is 0.529. The molecule has 1 amide bonds.